The van der Waals surface area contributed by atoms with Gasteiger partial charge in [0.25, 0.3) is 0 Å². The number of aryl methyl sites for hydroxylation is 1. The smallest absolute Gasteiger partial charge is 0.357 e. The monoisotopic (exact) mass is 377 g/mol. The van der Waals surface area contributed by atoms with Crippen LogP contribution in [0.5, 0.6) is 0 Å². The van der Waals surface area contributed by atoms with Gasteiger partial charge in [0.15, 0.2) is 5.69 Å². The first-order valence-corrected chi connectivity index (χ1v) is 9.20. The topological polar surface area (TPSA) is 73.2 Å². The second kappa shape index (κ2) is 8.99. The summed E-state index contributed by atoms with van der Waals surface area (Å²) in [4.78, 5) is 24.4. The Labute approximate surface area is 164 Å². The number of amides is 1. The fourth-order valence-corrected chi connectivity index (χ4v) is 2.89. The first kappa shape index (κ1) is 19.4. The van der Waals surface area contributed by atoms with E-state index in [4.69, 9.17) is 4.74 Å². The van der Waals surface area contributed by atoms with E-state index in [1.807, 2.05) is 61.5 Å². The molecule has 0 saturated carbocycles. The molecule has 1 heterocycles. The summed E-state index contributed by atoms with van der Waals surface area (Å²) < 4.78 is 6.68. The lowest BCUT2D eigenvalue weighted by molar-refractivity contribution is -0.120. The Kier molecular flexibility index (Phi) is 6.22. The van der Waals surface area contributed by atoms with Gasteiger partial charge in [-0.2, -0.15) is 5.10 Å². The molecule has 0 fully saturated rings. The van der Waals surface area contributed by atoms with Crippen molar-refractivity contribution in [2.45, 2.75) is 26.8 Å². The van der Waals surface area contributed by atoms with Crippen LogP contribution in [0.1, 0.15) is 34.2 Å². The molecule has 0 bridgehead atoms. The Balaban J connectivity index is 1.71. The summed E-state index contributed by atoms with van der Waals surface area (Å²) in [7, 11) is 0. The van der Waals surface area contributed by atoms with Gasteiger partial charge < -0.3 is 10.1 Å². The van der Waals surface area contributed by atoms with Crippen LogP contribution >= 0.6 is 0 Å². The van der Waals surface area contributed by atoms with Crippen LogP contribution < -0.4 is 5.32 Å². The number of ether oxygens (including phenoxy) is 1. The van der Waals surface area contributed by atoms with Crippen LogP contribution in [0.2, 0.25) is 0 Å². The fourth-order valence-electron chi connectivity index (χ4n) is 2.89. The predicted octanol–water partition coefficient (Wildman–Crippen LogP) is 3.22. The van der Waals surface area contributed by atoms with Gasteiger partial charge in [0.1, 0.15) is 0 Å². The molecule has 0 atom stereocenters. The van der Waals surface area contributed by atoms with E-state index in [0.29, 0.717) is 25.3 Å². The van der Waals surface area contributed by atoms with E-state index in [1.54, 1.807) is 17.7 Å². The van der Waals surface area contributed by atoms with Crippen LogP contribution in [0, 0.1) is 6.92 Å². The third kappa shape index (κ3) is 4.85. The standard InChI is InChI=1S/C22H23N3O3/c1-3-28-22(27)20-12-16(2)24-25(20)19-11-7-10-18(13-19)15-23-21(26)14-17-8-5-4-6-9-17/h4-13H,3,14-15H2,1-2H3,(H,23,26). The van der Waals surface area contributed by atoms with E-state index in [1.165, 1.54) is 0 Å². The molecular formula is C22H23N3O3. The van der Waals surface area contributed by atoms with Gasteiger partial charge in [0.05, 0.1) is 24.4 Å². The molecule has 0 aliphatic rings. The zero-order chi connectivity index (χ0) is 19.9. The Hall–Kier alpha value is -3.41. The summed E-state index contributed by atoms with van der Waals surface area (Å²) in [6.45, 7) is 4.29. The van der Waals surface area contributed by atoms with E-state index >= 15 is 0 Å². The van der Waals surface area contributed by atoms with Gasteiger partial charge >= 0.3 is 5.97 Å². The van der Waals surface area contributed by atoms with Crippen molar-refractivity contribution in [3.8, 4) is 5.69 Å². The molecule has 6 nitrogen and oxygen atoms in total. The van der Waals surface area contributed by atoms with Crippen molar-refractivity contribution in [2.75, 3.05) is 6.61 Å². The Morgan fingerprint density at radius 3 is 2.54 bits per heavy atom. The first-order chi connectivity index (χ1) is 13.6. The Bertz CT molecular complexity index is 964. The molecule has 1 amide bonds. The fraction of sp³-hybridized carbons (Fsp3) is 0.227. The zero-order valence-corrected chi connectivity index (χ0v) is 16.0. The summed E-state index contributed by atoms with van der Waals surface area (Å²) >= 11 is 0. The van der Waals surface area contributed by atoms with Crippen LogP contribution in [-0.4, -0.2) is 28.3 Å². The normalized spacial score (nSPS) is 10.5. The summed E-state index contributed by atoms with van der Waals surface area (Å²) in [6, 6.07) is 18.9. The van der Waals surface area contributed by atoms with Gasteiger partial charge in [0.2, 0.25) is 5.91 Å². The highest BCUT2D eigenvalue weighted by molar-refractivity contribution is 5.88. The number of nitrogens with zero attached hydrogens (tertiary/aromatic N) is 2. The average molecular weight is 377 g/mol. The second-order valence-corrected chi connectivity index (χ2v) is 6.41. The minimum Gasteiger partial charge on any atom is -0.461 e. The summed E-state index contributed by atoms with van der Waals surface area (Å²) in [5.41, 5.74) is 3.74. The van der Waals surface area contributed by atoms with Gasteiger partial charge in [-0.05, 0) is 43.2 Å². The minimum atomic E-state index is -0.412. The number of benzene rings is 2. The molecule has 2 aromatic carbocycles. The lowest BCUT2D eigenvalue weighted by Gasteiger charge is -2.10. The lowest BCUT2D eigenvalue weighted by Crippen LogP contribution is -2.24. The van der Waals surface area contributed by atoms with E-state index in [-0.39, 0.29) is 5.91 Å². The van der Waals surface area contributed by atoms with Crippen molar-refractivity contribution in [2.24, 2.45) is 0 Å². The second-order valence-electron chi connectivity index (χ2n) is 6.41. The highest BCUT2D eigenvalue weighted by Gasteiger charge is 2.16. The number of hydrogen-bond acceptors (Lipinski definition) is 4. The van der Waals surface area contributed by atoms with Gasteiger partial charge in [-0.3, -0.25) is 4.79 Å². The molecule has 0 saturated heterocycles. The molecule has 0 spiro atoms. The number of nitrogens with one attached hydrogen (secondary N) is 1. The van der Waals surface area contributed by atoms with Crippen molar-refractivity contribution in [3.63, 3.8) is 0 Å². The maximum absolute atomic E-state index is 12.2. The third-order valence-electron chi connectivity index (χ3n) is 4.17. The highest BCUT2D eigenvalue weighted by atomic mass is 16.5. The van der Waals surface area contributed by atoms with E-state index in [2.05, 4.69) is 10.4 Å². The van der Waals surface area contributed by atoms with E-state index in [9.17, 15) is 9.59 Å². The number of carbonyl (C=O) groups excluding carboxylic acids is 2. The molecule has 3 rings (SSSR count). The van der Waals surface area contributed by atoms with Crippen LogP contribution in [0.25, 0.3) is 5.69 Å². The number of aromatic nitrogens is 2. The van der Waals surface area contributed by atoms with Gasteiger partial charge in [-0.25, -0.2) is 9.48 Å². The van der Waals surface area contributed by atoms with E-state index in [0.717, 1.165) is 22.5 Å². The number of hydrogen-bond donors (Lipinski definition) is 1. The summed E-state index contributed by atoms with van der Waals surface area (Å²) in [5.74, 6) is -0.455. The average Bonchev–Trinajstić information content (AvgIpc) is 3.10. The zero-order valence-electron chi connectivity index (χ0n) is 16.0. The largest absolute Gasteiger partial charge is 0.461 e. The molecule has 0 radical (unpaired) electrons. The number of rotatable bonds is 7. The maximum Gasteiger partial charge on any atom is 0.357 e. The molecule has 0 unspecified atom stereocenters. The molecule has 144 valence electrons. The maximum atomic E-state index is 12.2. The van der Waals surface area contributed by atoms with Crippen LogP contribution in [0.4, 0.5) is 0 Å². The Morgan fingerprint density at radius 1 is 1.04 bits per heavy atom. The quantitative estimate of drug-likeness (QED) is 0.642. The predicted molar refractivity (Wildman–Crippen MR) is 106 cm³/mol. The Morgan fingerprint density at radius 2 is 1.79 bits per heavy atom. The van der Waals surface area contributed by atoms with Gasteiger partial charge in [0, 0.05) is 6.54 Å². The molecular weight excluding hydrogens is 354 g/mol. The van der Waals surface area contributed by atoms with E-state index < -0.39 is 5.97 Å². The van der Waals surface area contributed by atoms with Crippen molar-refractivity contribution in [1.82, 2.24) is 15.1 Å². The van der Waals surface area contributed by atoms with Crippen molar-refractivity contribution < 1.29 is 14.3 Å². The molecule has 1 aromatic heterocycles. The highest BCUT2D eigenvalue weighted by Crippen LogP contribution is 2.15. The van der Waals surface area contributed by atoms with Gasteiger partial charge in [-0.1, -0.05) is 42.5 Å². The molecule has 0 aliphatic carbocycles. The van der Waals surface area contributed by atoms with Crippen molar-refractivity contribution in [3.05, 3.63) is 83.2 Å². The summed E-state index contributed by atoms with van der Waals surface area (Å²) in [5, 5.41) is 7.33. The third-order valence-corrected chi connectivity index (χ3v) is 4.17. The molecule has 28 heavy (non-hydrogen) atoms. The van der Waals surface area contributed by atoms with Crippen molar-refractivity contribution in [1.29, 1.82) is 0 Å². The van der Waals surface area contributed by atoms with Crippen LogP contribution in [-0.2, 0) is 22.5 Å². The molecule has 3 aromatic rings. The first-order valence-electron chi connectivity index (χ1n) is 9.20. The lowest BCUT2D eigenvalue weighted by atomic mass is 10.1. The number of carbonyl (C=O) groups is 2. The molecule has 6 heteroatoms. The van der Waals surface area contributed by atoms with Crippen LogP contribution in [0.3, 0.4) is 0 Å². The molecule has 1 N–H and O–H groups in total. The number of esters is 1. The van der Waals surface area contributed by atoms with Gasteiger partial charge in [-0.15, -0.1) is 0 Å². The minimum absolute atomic E-state index is 0.0428. The molecule has 0 aliphatic heterocycles. The van der Waals surface area contributed by atoms with Crippen LogP contribution in [0.15, 0.2) is 60.7 Å². The van der Waals surface area contributed by atoms with Crippen molar-refractivity contribution >= 4 is 11.9 Å². The summed E-state index contributed by atoms with van der Waals surface area (Å²) in [6.07, 6.45) is 0.339. The SMILES string of the molecule is CCOC(=O)c1cc(C)nn1-c1cccc(CNC(=O)Cc2ccccc2)c1.